The van der Waals surface area contributed by atoms with Crippen LogP contribution in [0.1, 0.15) is 62.8 Å². The normalized spacial score (nSPS) is 25.8. The molecule has 0 aromatic carbocycles. The van der Waals surface area contributed by atoms with Crippen molar-refractivity contribution < 1.29 is 19.4 Å². The van der Waals surface area contributed by atoms with Crippen molar-refractivity contribution in [2.45, 2.75) is 52.2 Å². The van der Waals surface area contributed by atoms with Crippen LogP contribution >= 0.6 is 0 Å². The largest absolute Gasteiger partial charge is 0.476 e. The van der Waals surface area contributed by atoms with E-state index in [2.05, 4.69) is 5.10 Å². The Balaban J connectivity index is 1.70. The number of carboxylic acids is 1. The molecule has 7 heteroatoms. The van der Waals surface area contributed by atoms with E-state index in [1.54, 1.807) is 11.0 Å². The highest BCUT2D eigenvalue weighted by Gasteiger charge is 2.59. The van der Waals surface area contributed by atoms with Crippen LogP contribution in [0.3, 0.4) is 0 Å². The quantitative estimate of drug-likeness (QED) is 0.918. The molecule has 132 valence electrons. The summed E-state index contributed by atoms with van der Waals surface area (Å²) in [6, 6.07) is 1.79. The number of hydrogen-bond donors (Lipinski definition) is 1. The molecule has 2 fully saturated rings. The predicted octanol–water partition coefficient (Wildman–Crippen LogP) is 2.74. The Morgan fingerprint density at radius 1 is 1.29 bits per heavy atom. The van der Waals surface area contributed by atoms with Crippen molar-refractivity contribution in [2.24, 2.45) is 11.8 Å². The maximum Gasteiger partial charge on any atom is 0.410 e. The molecule has 0 spiro atoms. The fourth-order valence-electron chi connectivity index (χ4n) is 3.62. The second-order valence-corrected chi connectivity index (χ2v) is 8.04. The molecule has 0 radical (unpaired) electrons. The minimum atomic E-state index is -1.00. The van der Waals surface area contributed by atoms with Crippen LogP contribution in [0.2, 0.25) is 0 Å². The minimum absolute atomic E-state index is 0.0904. The van der Waals surface area contributed by atoms with Crippen LogP contribution in [-0.4, -0.2) is 50.5 Å². The third-order valence-electron chi connectivity index (χ3n) is 4.66. The fraction of sp³-hybridized carbons (Fsp3) is 0.706. The number of carboxylic acid groups (broad SMARTS) is 1. The van der Waals surface area contributed by atoms with Gasteiger partial charge in [0.25, 0.3) is 0 Å². The molecule has 2 aliphatic rings. The van der Waals surface area contributed by atoms with E-state index >= 15 is 0 Å². The van der Waals surface area contributed by atoms with E-state index in [-0.39, 0.29) is 23.7 Å². The molecule has 2 heterocycles. The summed E-state index contributed by atoms with van der Waals surface area (Å²) in [5.74, 6) is 0.0188. The number of nitrogens with zero attached hydrogens (tertiary/aromatic N) is 3. The number of piperidine rings is 1. The molecule has 2 unspecified atom stereocenters. The van der Waals surface area contributed by atoms with Crippen LogP contribution in [0.15, 0.2) is 6.07 Å². The van der Waals surface area contributed by atoms with Crippen molar-refractivity contribution in [1.29, 1.82) is 0 Å². The summed E-state index contributed by atoms with van der Waals surface area (Å²) >= 11 is 0. The smallest absolute Gasteiger partial charge is 0.410 e. The first-order valence-corrected chi connectivity index (χ1v) is 8.39. The Hall–Kier alpha value is -2.05. The number of aromatic carboxylic acids is 1. The van der Waals surface area contributed by atoms with Gasteiger partial charge in [0.05, 0.1) is 0 Å². The molecule has 24 heavy (non-hydrogen) atoms. The topological polar surface area (TPSA) is 84.7 Å². The lowest BCUT2D eigenvalue weighted by atomic mass is 10.1. The van der Waals surface area contributed by atoms with E-state index in [0.717, 1.165) is 5.69 Å². The van der Waals surface area contributed by atoms with Gasteiger partial charge in [-0.2, -0.15) is 5.10 Å². The van der Waals surface area contributed by atoms with E-state index in [0.29, 0.717) is 24.9 Å². The highest BCUT2D eigenvalue weighted by molar-refractivity contribution is 5.85. The maximum atomic E-state index is 12.1. The summed E-state index contributed by atoms with van der Waals surface area (Å²) < 4.78 is 7.23. The molecule has 1 amide bonds. The number of hydrogen-bond acceptors (Lipinski definition) is 4. The van der Waals surface area contributed by atoms with Gasteiger partial charge in [0.1, 0.15) is 5.60 Å². The number of carbonyl (C=O) groups is 2. The van der Waals surface area contributed by atoms with E-state index in [4.69, 9.17) is 4.74 Å². The Bertz CT molecular complexity index is 662. The molecule has 2 atom stereocenters. The van der Waals surface area contributed by atoms with Crippen LogP contribution in [0, 0.1) is 11.8 Å². The van der Waals surface area contributed by atoms with Gasteiger partial charge in [-0.05, 0) is 52.5 Å². The van der Waals surface area contributed by atoms with Crippen molar-refractivity contribution >= 4 is 12.1 Å². The monoisotopic (exact) mass is 335 g/mol. The summed E-state index contributed by atoms with van der Waals surface area (Å²) in [6.45, 7) is 10.9. The Morgan fingerprint density at radius 2 is 1.88 bits per heavy atom. The van der Waals surface area contributed by atoms with Gasteiger partial charge in [-0.25, -0.2) is 9.59 Å². The standard InChI is InChI=1S/C17H25N3O4/c1-9(2)20-13(6-12(18-20)15(21)22)14-10-7-19(8-11(10)14)16(23)24-17(3,4)5/h6,9-11,14H,7-8H2,1-5H3,(H,21,22). The molecule has 7 nitrogen and oxygen atoms in total. The fourth-order valence-corrected chi connectivity index (χ4v) is 3.62. The van der Waals surface area contributed by atoms with Gasteiger partial charge in [0, 0.05) is 30.7 Å². The van der Waals surface area contributed by atoms with E-state index in [1.165, 1.54) is 0 Å². The first-order chi connectivity index (χ1) is 11.1. The lowest BCUT2D eigenvalue weighted by molar-refractivity contribution is 0.0270. The number of likely N-dealkylation sites (tertiary alicyclic amines) is 1. The number of ether oxygens (including phenoxy) is 1. The van der Waals surface area contributed by atoms with Gasteiger partial charge in [-0.15, -0.1) is 0 Å². The number of rotatable bonds is 3. The summed E-state index contributed by atoms with van der Waals surface area (Å²) in [4.78, 5) is 25.1. The molecule has 1 aromatic rings. The van der Waals surface area contributed by atoms with Crippen LogP contribution in [0.25, 0.3) is 0 Å². The molecule has 1 aliphatic heterocycles. The van der Waals surface area contributed by atoms with Crippen LogP contribution in [-0.2, 0) is 4.74 Å². The predicted molar refractivity (Wildman–Crippen MR) is 87.1 cm³/mol. The van der Waals surface area contributed by atoms with Crippen molar-refractivity contribution in [1.82, 2.24) is 14.7 Å². The average molecular weight is 335 g/mol. The SMILES string of the molecule is CC(C)n1nc(C(=O)O)cc1C1C2CN(C(=O)OC(C)(C)C)CC21. The van der Waals surface area contributed by atoms with Crippen LogP contribution in [0.5, 0.6) is 0 Å². The van der Waals surface area contributed by atoms with Gasteiger partial charge in [0.2, 0.25) is 0 Å². The van der Waals surface area contributed by atoms with Crippen molar-refractivity contribution in [3.63, 3.8) is 0 Å². The zero-order valence-electron chi connectivity index (χ0n) is 14.8. The highest BCUT2D eigenvalue weighted by atomic mass is 16.6. The molecule has 1 saturated heterocycles. The summed E-state index contributed by atoms with van der Waals surface area (Å²) in [7, 11) is 0. The van der Waals surface area contributed by atoms with E-state index < -0.39 is 11.6 Å². The van der Waals surface area contributed by atoms with Crippen LogP contribution < -0.4 is 0 Å². The average Bonchev–Trinajstić information content (AvgIpc) is 2.86. The zero-order valence-corrected chi connectivity index (χ0v) is 14.8. The Morgan fingerprint density at radius 3 is 2.33 bits per heavy atom. The molecular formula is C17H25N3O4. The van der Waals surface area contributed by atoms with E-state index in [9.17, 15) is 14.7 Å². The van der Waals surface area contributed by atoms with Gasteiger partial charge in [0.15, 0.2) is 5.69 Å². The highest BCUT2D eigenvalue weighted by Crippen LogP contribution is 2.58. The van der Waals surface area contributed by atoms with Crippen molar-refractivity contribution in [2.75, 3.05) is 13.1 Å². The van der Waals surface area contributed by atoms with Crippen molar-refractivity contribution in [3.8, 4) is 0 Å². The number of amides is 1. The van der Waals surface area contributed by atoms with Gasteiger partial charge in [-0.3, -0.25) is 4.68 Å². The number of carbonyl (C=O) groups excluding carboxylic acids is 1. The Kier molecular flexibility index (Phi) is 3.85. The zero-order chi connectivity index (χ0) is 17.8. The van der Waals surface area contributed by atoms with E-state index in [1.807, 2.05) is 39.3 Å². The molecule has 1 aliphatic carbocycles. The minimum Gasteiger partial charge on any atom is -0.476 e. The van der Waals surface area contributed by atoms with Gasteiger partial charge >= 0.3 is 12.1 Å². The second-order valence-electron chi connectivity index (χ2n) is 8.04. The third-order valence-corrected chi connectivity index (χ3v) is 4.66. The molecule has 1 N–H and O–H groups in total. The first kappa shape index (κ1) is 16.8. The summed E-state index contributed by atoms with van der Waals surface area (Å²) in [5, 5.41) is 13.4. The molecule has 0 bridgehead atoms. The summed E-state index contributed by atoms with van der Waals surface area (Å²) in [5.41, 5.74) is 0.574. The lowest BCUT2D eigenvalue weighted by Crippen LogP contribution is -2.37. The number of fused-ring (bicyclic) bond motifs is 1. The third kappa shape index (κ3) is 2.99. The molecule has 3 rings (SSSR count). The molecular weight excluding hydrogens is 310 g/mol. The molecule has 1 aromatic heterocycles. The van der Waals surface area contributed by atoms with Gasteiger partial charge in [-0.1, -0.05) is 0 Å². The van der Waals surface area contributed by atoms with Crippen molar-refractivity contribution in [3.05, 3.63) is 17.5 Å². The van der Waals surface area contributed by atoms with Crippen LogP contribution in [0.4, 0.5) is 4.79 Å². The molecule has 1 saturated carbocycles. The number of aromatic nitrogens is 2. The summed E-state index contributed by atoms with van der Waals surface area (Å²) in [6.07, 6.45) is -0.267. The first-order valence-electron chi connectivity index (χ1n) is 8.39. The lowest BCUT2D eigenvalue weighted by Gasteiger charge is -2.26. The Labute approximate surface area is 141 Å². The van der Waals surface area contributed by atoms with Gasteiger partial charge < -0.3 is 14.7 Å². The maximum absolute atomic E-state index is 12.1. The second kappa shape index (κ2) is 5.50.